The number of thiophene rings is 1. The number of rotatable bonds is 9. The monoisotopic (exact) mass is 395 g/mol. The van der Waals surface area contributed by atoms with Gasteiger partial charge in [0, 0.05) is 17.8 Å². The zero-order valence-corrected chi connectivity index (χ0v) is 16.7. The van der Waals surface area contributed by atoms with Crippen molar-refractivity contribution >= 4 is 27.3 Å². The number of likely N-dealkylation sites (tertiary alicyclic amines) is 1. The van der Waals surface area contributed by atoms with Gasteiger partial charge < -0.3 is 14.4 Å². The zero-order chi connectivity index (χ0) is 19.2. The summed E-state index contributed by atoms with van der Waals surface area (Å²) in [5.41, 5.74) is 2.44. The van der Waals surface area contributed by atoms with E-state index in [1.165, 1.54) is 21.2 Å². The molecule has 2 heterocycles. The van der Waals surface area contributed by atoms with Crippen molar-refractivity contribution in [2.45, 2.75) is 25.6 Å². The van der Waals surface area contributed by atoms with E-state index in [2.05, 4.69) is 41.8 Å². The van der Waals surface area contributed by atoms with Gasteiger partial charge in [0.05, 0.1) is 32.3 Å². The summed E-state index contributed by atoms with van der Waals surface area (Å²) in [6.07, 6.45) is 1.46. The molecule has 1 aromatic heterocycles. The van der Waals surface area contributed by atoms with Gasteiger partial charge in [0.25, 0.3) is 0 Å². The van der Waals surface area contributed by atoms with E-state index in [1.807, 2.05) is 23.1 Å². The largest absolute Gasteiger partial charge is 0.381 e. The quantitative estimate of drug-likeness (QED) is 0.508. The number of ether oxygens (including phenoxy) is 2. The number of fused-ring (bicyclic) bond motifs is 1. The summed E-state index contributed by atoms with van der Waals surface area (Å²) >= 11 is 1.76. The molecule has 0 bridgehead atoms. The Balaban J connectivity index is 1.08. The number of benzene rings is 2. The predicted octanol–water partition coefficient (Wildman–Crippen LogP) is 4.28. The minimum atomic E-state index is 0.150. The van der Waals surface area contributed by atoms with Gasteiger partial charge in [0.15, 0.2) is 0 Å². The van der Waals surface area contributed by atoms with Crippen LogP contribution in [0, 0.1) is 0 Å². The SMILES string of the molecule is O=C(CCOCCc1ccc2sccc2c1)N1CC(OCc2ccccc2)C1. The van der Waals surface area contributed by atoms with Crippen molar-refractivity contribution in [3.63, 3.8) is 0 Å². The Hall–Kier alpha value is -2.21. The first-order chi connectivity index (χ1) is 13.8. The van der Waals surface area contributed by atoms with Gasteiger partial charge in [0.2, 0.25) is 5.91 Å². The predicted molar refractivity (Wildman–Crippen MR) is 113 cm³/mol. The highest BCUT2D eigenvalue weighted by Crippen LogP contribution is 2.22. The van der Waals surface area contributed by atoms with E-state index >= 15 is 0 Å². The van der Waals surface area contributed by atoms with Crippen LogP contribution in [0.5, 0.6) is 0 Å². The van der Waals surface area contributed by atoms with Crippen molar-refractivity contribution in [2.75, 3.05) is 26.3 Å². The van der Waals surface area contributed by atoms with E-state index in [-0.39, 0.29) is 12.0 Å². The fraction of sp³-hybridized carbons (Fsp3) is 0.348. The third-order valence-electron chi connectivity index (χ3n) is 5.04. The average molecular weight is 396 g/mol. The Morgan fingerprint density at radius 1 is 1.04 bits per heavy atom. The van der Waals surface area contributed by atoms with Crippen molar-refractivity contribution in [1.82, 2.24) is 4.90 Å². The second-order valence-corrected chi connectivity index (χ2v) is 8.07. The van der Waals surface area contributed by atoms with E-state index in [4.69, 9.17) is 9.47 Å². The van der Waals surface area contributed by atoms with Gasteiger partial charge in [-0.2, -0.15) is 0 Å². The number of hydrogen-bond donors (Lipinski definition) is 0. The molecule has 0 radical (unpaired) electrons. The average Bonchev–Trinajstić information content (AvgIpc) is 3.15. The molecule has 0 N–H and O–H groups in total. The first-order valence-corrected chi connectivity index (χ1v) is 10.6. The van der Waals surface area contributed by atoms with E-state index in [0.29, 0.717) is 39.3 Å². The molecule has 28 heavy (non-hydrogen) atoms. The molecule has 0 saturated carbocycles. The number of carbonyl (C=O) groups excluding carboxylic acids is 1. The molecule has 0 aliphatic carbocycles. The Morgan fingerprint density at radius 3 is 2.75 bits per heavy atom. The van der Waals surface area contributed by atoms with Crippen LogP contribution >= 0.6 is 11.3 Å². The summed E-state index contributed by atoms with van der Waals surface area (Å²) in [5, 5.41) is 3.41. The van der Waals surface area contributed by atoms with Crippen LogP contribution in [-0.2, 0) is 27.3 Å². The summed E-state index contributed by atoms with van der Waals surface area (Å²) in [7, 11) is 0. The van der Waals surface area contributed by atoms with Crippen molar-refractivity contribution in [3.8, 4) is 0 Å². The summed E-state index contributed by atoms with van der Waals surface area (Å²) in [6, 6.07) is 18.8. The summed E-state index contributed by atoms with van der Waals surface area (Å²) in [4.78, 5) is 14.0. The Kier molecular flexibility index (Phi) is 6.37. The molecule has 0 atom stereocenters. The van der Waals surface area contributed by atoms with Gasteiger partial charge in [-0.05, 0) is 40.4 Å². The molecule has 4 rings (SSSR count). The Morgan fingerprint density at radius 2 is 1.89 bits per heavy atom. The normalized spacial score (nSPS) is 14.4. The van der Waals surface area contributed by atoms with Crippen LogP contribution < -0.4 is 0 Å². The molecule has 1 fully saturated rings. The highest BCUT2D eigenvalue weighted by Gasteiger charge is 2.30. The minimum Gasteiger partial charge on any atom is -0.381 e. The first kappa shape index (κ1) is 19.1. The zero-order valence-electron chi connectivity index (χ0n) is 15.9. The van der Waals surface area contributed by atoms with Gasteiger partial charge >= 0.3 is 0 Å². The highest BCUT2D eigenvalue weighted by atomic mass is 32.1. The van der Waals surface area contributed by atoms with Crippen LogP contribution in [0.3, 0.4) is 0 Å². The van der Waals surface area contributed by atoms with Crippen LogP contribution in [0.25, 0.3) is 10.1 Å². The molecule has 146 valence electrons. The maximum absolute atomic E-state index is 12.2. The van der Waals surface area contributed by atoms with E-state index in [1.54, 1.807) is 11.3 Å². The smallest absolute Gasteiger partial charge is 0.225 e. The molecule has 5 heteroatoms. The molecule has 1 saturated heterocycles. The van der Waals surface area contributed by atoms with Crippen LogP contribution in [-0.4, -0.2) is 43.2 Å². The molecule has 4 nitrogen and oxygen atoms in total. The number of carbonyl (C=O) groups is 1. The van der Waals surface area contributed by atoms with Gasteiger partial charge in [-0.25, -0.2) is 0 Å². The van der Waals surface area contributed by atoms with Gasteiger partial charge in [-0.3, -0.25) is 4.79 Å². The van der Waals surface area contributed by atoms with E-state index in [0.717, 1.165) is 6.42 Å². The lowest BCUT2D eigenvalue weighted by atomic mass is 10.1. The molecular formula is C23H25NO3S. The maximum atomic E-state index is 12.2. The highest BCUT2D eigenvalue weighted by molar-refractivity contribution is 7.17. The van der Waals surface area contributed by atoms with Gasteiger partial charge in [-0.15, -0.1) is 11.3 Å². The molecular weight excluding hydrogens is 370 g/mol. The number of amides is 1. The lowest BCUT2D eigenvalue weighted by molar-refractivity contribution is -0.147. The third-order valence-corrected chi connectivity index (χ3v) is 5.94. The van der Waals surface area contributed by atoms with Crippen LogP contribution in [0.15, 0.2) is 60.0 Å². The molecule has 0 spiro atoms. The standard InChI is InChI=1S/C23H25NO3S/c25-23(24-15-21(16-24)27-17-19-4-2-1-3-5-19)9-12-26-11-8-18-6-7-22-20(14-18)10-13-28-22/h1-7,10,13-14,21H,8-9,11-12,15-17H2. The molecule has 0 unspecified atom stereocenters. The maximum Gasteiger partial charge on any atom is 0.225 e. The van der Waals surface area contributed by atoms with Crippen molar-refractivity contribution in [1.29, 1.82) is 0 Å². The van der Waals surface area contributed by atoms with Gasteiger partial charge in [-0.1, -0.05) is 42.5 Å². The molecule has 1 amide bonds. The fourth-order valence-electron chi connectivity index (χ4n) is 3.32. The van der Waals surface area contributed by atoms with Crippen molar-refractivity contribution in [2.24, 2.45) is 0 Å². The third kappa shape index (κ3) is 4.98. The Bertz CT molecular complexity index is 902. The molecule has 1 aliphatic heterocycles. The number of nitrogens with zero attached hydrogens (tertiary/aromatic N) is 1. The van der Waals surface area contributed by atoms with Crippen LogP contribution in [0.1, 0.15) is 17.5 Å². The fourth-order valence-corrected chi connectivity index (χ4v) is 4.09. The first-order valence-electron chi connectivity index (χ1n) is 9.75. The molecule has 1 aliphatic rings. The minimum absolute atomic E-state index is 0.150. The second-order valence-electron chi connectivity index (χ2n) is 7.12. The van der Waals surface area contributed by atoms with Crippen LogP contribution in [0.2, 0.25) is 0 Å². The lowest BCUT2D eigenvalue weighted by Gasteiger charge is -2.39. The van der Waals surface area contributed by atoms with Crippen molar-refractivity contribution in [3.05, 3.63) is 71.1 Å². The summed E-state index contributed by atoms with van der Waals surface area (Å²) < 4.78 is 12.8. The summed E-state index contributed by atoms with van der Waals surface area (Å²) in [6.45, 7) is 3.10. The van der Waals surface area contributed by atoms with E-state index in [9.17, 15) is 4.79 Å². The van der Waals surface area contributed by atoms with Gasteiger partial charge in [0.1, 0.15) is 0 Å². The Labute approximate surface area is 169 Å². The van der Waals surface area contributed by atoms with Crippen LogP contribution in [0.4, 0.5) is 0 Å². The van der Waals surface area contributed by atoms with Crippen molar-refractivity contribution < 1.29 is 14.3 Å². The molecule has 2 aromatic carbocycles. The van der Waals surface area contributed by atoms with E-state index < -0.39 is 0 Å². The topological polar surface area (TPSA) is 38.8 Å². The summed E-state index contributed by atoms with van der Waals surface area (Å²) in [5.74, 6) is 0.152. The lowest BCUT2D eigenvalue weighted by Crippen LogP contribution is -2.54. The second kappa shape index (κ2) is 9.32. The molecule has 3 aromatic rings. The number of hydrogen-bond acceptors (Lipinski definition) is 4.